The van der Waals surface area contributed by atoms with Crippen molar-refractivity contribution in [1.82, 2.24) is 0 Å². The average Bonchev–Trinajstić information content (AvgIpc) is 1.76. The van der Waals surface area contributed by atoms with Gasteiger partial charge in [0.2, 0.25) is 0 Å². The molecule has 2 unspecified atom stereocenters. The average molecular weight is 492 g/mol. The fraction of sp³-hybridized carbons (Fsp3) is 0.733. The Bertz CT molecular complexity index is 64.1. The van der Waals surface area contributed by atoms with E-state index in [1.165, 1.54) is 11.8 Å². The Kier molecular flexibility index (Phi) is 107. The largest absolute Gasteiger partial charge is 0.323 e. The molecular formula is C15H41P3Y2-4. The normalized spacial score (nSPS) is 8.55. The Balaban J connectivity index is -0.0000000150. The van der Waals surface area contributed by atoms with Crippen LogP contribution in [0.1, 0.15) is 56.4 Å². The van der Waals surface area contributed by atoms with E-state index in [0.29, 0.717) is 0 Å². The Labute approximate surface area is 189 Å². The van der Waals surface area contributed by atoms with Crippen LogP contribution >= 0.6 is 24.5 Å². The van der Waals surface area contributed by atoms with Crippen LogP contribution in [-0.2, 0) is 65.4 Å². The molecule has 0 spiro atoms. The molecule has 0 aromatic rings. The molecule has 0 saturated heterocycles. The number of hydrogen-bond donors (Lipinski definition) is 0. The van der Waals surface area contributed by atoms with E-state index in [-0.39, 0.29) is 95.8 Å². The van der Waals surface area contributed by atoms with Crippen molar-refractivity contribution < 1.29 is 65.4 Å². The summed E-state index contributed by atoms with van der Waals surface area (Å²) >= 11 is 0. The maximum absolute atomic E-state index is 3.70. The Morgan fingerprint density at radius 2 is 0.700 bits per heavy atom. The van der Waals surface area contributed by atoms with Crippen LogP contribution in [-0.4, -0.2) is 20.0 Å². The van der Waals surface area contributed by atoms with E-state index in [1.54, 1.807) is 0 Å². The van der Waals surface area contributed by atoms with Gasteiger partial charge in [-0.05, 0) is 0 Å². The maximum Gasteiger partial charge on any atom is 0 e. The Morgan fingerprint density at radius 3 is 0.700 bits per heavy atom. The summed E-state index contributed by atoms with van der Waals surface area (Å²) in [5.41, 5.74) is 0. The summed E-state index contributed by atoms with van der Waals surface area (Å²) in [4.78, 5) is 0. The Morgan fingerprint density at radius 1 is 0.700 bits per heavy atom. The van der Waals surface area contributed by atoms with Crippen molar-refractivity contribution in [3.8, 4) is 0 Å². The molecule has 0 saturated carbocycles. The first kappa shape index (κ1) is 49.5. The molecule has 0 aromatic heterocycles. The minimum atomic E-state index is 0. The molecule has 0 amide bonds. The molecule has 0 N–H and O–H groups in total. The van der Waals surface area contributed by atoms with Crippen LogP contribution in [0.3, 0.4) is 0 Å². The monoisotopic (exact) mass is 492 g/mol. The summed E-state index contributed by atoms with van der Waals surface area (Å²) in [6.07, 6.45) is 0. The van der Waals surface area contributed by atoms with E-state index in [4.69, 9.17) is 0 Å². The van der Waals surface area contributed by atoms with Crippen molar-refractivity contribution in [2.75, 3.05) is 20.0 Å². The van der Waals surface area contributed by atoms with E-state index < -0.39 is 0 Å². The van der Waals surface area contributed by atoms with Gasteiger partial charge in [-0.2, -0.15) is 41.5 Å². The zero-order valence-electron chi connectivity index (χ0n) is 14.0. The predicted octanol–water partition coefficient (Wildman–Crippen LogP) is 7.71. The molecule has 5 heteroatoms. The third-order valence-electron chi connectivity index (χ3n) is 0. The van der Waals surface area contributed by atoms with Gasteiger partial charge in [0.1, 0.15) is 0 Å². The number of rotatable bonds is 0. The summed E-state index contributed by atoms with van der Waals surface area (Å²) in [5.74, 6) is 2.83. The van der Waals surface area contributed by atoms with Crippen molar-refractivity contribution >= 4 is 24.5 Å². The van der Waals surface area contributed by atoms with E-state index in [2.05, 4.69) is 83.8 Å². The fourth-order valence-corrected chi connectivity index (χ4v) is 0. The van der Waals surface area contributed by atoms with Gasteiger partial charge in [0.05, 0.1) is 0 Å². The van der Waals surface area contributed by atoms with Gasteiger partial charge < -0.3 is 25.2 Å². The van der Waals surface area contributed by atoms with Crippen molar-refractivity contribution in [3.05, 3.63) is 25.2 Å². The van der Waals surface area contributed by atoms with Gasteiger partial charge in [-0.3, -0.25) is 15.5 Å². The van der Waals surface area contributed by atoms with Crippen LogP contribution in [0.5, 0.6) is 0 Å². The van der Waals surface area contributed by atoms with Crippen LogP contribution in [0.25, 0.3) is 0 Å². The first-order valence-corrected chi connectivity index (χ1v) is 11.2. The molecule has 2 atom stereocenters. The summed E-state index contributed by atoms with van der Waals surface area (Å²) < 4.78 is 0. The SMILES string of the molecule is C.C.C[C-](C)C.C[C-](C)C.[CH2-]P(C)C.[CH2-]P(C)P.[Y].[Y]. The standard InChI is InChI=1S/2C4H9.C3H8P.C2H7P2.2CH4.2Y/c4*1-4(2)3;;;;/h2*1-3H3;1H2,2-3H3;1,3H2,2H3;2*1H4;;/q4*-1;;;;. The van der Waals surface area contributed by atoms with Crippen LogP contribution in [0.2, 0.25) is 0 Å². The van der Waals surface area contributed by atoms with Crippen LogP contribution < -0.4 is 0 Å². The fourth-order valence-electron chi connectivity index (χ4n) is 0. The second-order valence-electron chi connectivity index (χ2n) is 4.84. The first-order valence-electron chi connectivity index (χ1n) is 5.23. The second kappa shape index (κ2) is 43.3. The van der Waals surface area contributed by atoms with Gasteiger partial charge in [-0.1, -0.05) is 34.8 Å². The molecule has 20 heavy (non-hydrogen) atoms. The van der Waals surface area contributed by atoms with Gasteiger partial charge in [0.25, 0.3) is 0 Å². The van der Waals surface area contributed by atoms with Crippen molar-refractivity contribution in [2.24, 2.45) is 0 Å². The summed E-state index contributed by atoms with van der Waals surface area (Å²) in [7, 11) is 2.79. The third-order valence-corrected chi connectivity index (χ3v) is 0. The summed E-state index contributed by atoms with van der Waals surface area (Å²) in [5, 5.41) is 0. The van der Waals surface area contributed by atoms with Crippen molar-refractivity contribution in [2.45, 2.75) is 56.4 Å². The van der Waals surface area contributed by atoms with E-state index in [1.807, 2.05) is 0 Å². The maximum atomic E-state index is 3.70. The molecule has 2 radical (unpaired) electrons. The van der Waals surface area contributed by atoms with Gasteiger partial charge >= 0.3 is 0 Å². The summed E-state index contributed by atoms with van der Waals surface area (Å²) in [6, 6.07) is 0. The zero-order valence-corrected chi connectivity index (χ0v) is 22.7. The van der Waals surface area contributed by atoms with Crippen LogP contribution in [0, 0.1) is 25.2 Å². The number of hydrogen-bond acceptors (Lipinski definition) is 0. The Hall–Kier alpha value is 3.50. The minimum absolute atomic E-state index is 0. The van der Waals surface area contributed by atoms with Gasteiger partial charge in [-0.25, -0.2) is 0 Å². The van der Waals surface area contributed by atoms with Crippen LogP contribution in [0.4, 0.5) is 0 Å². The minimum Gasteiger partial charge on any atom is -0.323 e. The van der Waals surface area contributed by atoms with E-state index >= 15 is 0 Å². The molecule has 0 heterocycles. The first-order chi connectivity index (χ1) is 6.93. The molecule has 0 aliphatic rings. The summed E-state index contributed by atoms with van der Waals surface area (Å²) in [6.45, 7) is 26.2. The third kappa shape index (κ3) is 738. The van der Waals surface area contributed by atoms with E-state index in [9.17, 15) is 0 Å². The smallest absolute Gasteiger partial charge is 0 e. The van der Waals surface area contributed by atoms with Gasteiger partial charge in [0.15, 0.2) is 0 Å². The molecular weight excluding hydrogens is 451 g/mol. The van der Waals surface area contributed by atoms with Crippen molar-refractivity contribution in [1.29, 1.82) is 0 Å². The van der Waals surface area contributed by atoms with Gasteiger partial charge in [0, 0.05) is 65.4 Å². The molecule has 0 aliphatic carbocycles. The topological polar surface area (TPSA) is 0 Å². The van der Waals surface area contributed by atoms with Gasteiger partial charge in [-0.15, -0.1) is 8.93 Å². The molecule has 0 nitrogen and oxygen atoms in total. The van der Waals surface area contributed by atoms with Crippen molar-refractivity contribution in [3.63, 3.8) is 0 Å². The molecule has 0 rings (SSSR count). The van der Waals surface area contributed by atoms with Crippen LogP contribution in [0.15, 0.2) is 0 Å². The molecule has 0 bridgehead atoms. The molecule has 0 aliphatic heterocycles. The molecule has 0 aromatic carbocycles. The quantitative estimate of drug-likeness (QED) is 0.240. The second-order valence-corrected chi connectivity index (χ2v) is 11.2. The predicted molar refractivity (Wildman–Crippen MR) is 106 cm³/mol. The molecule has 126 valence electrons. The zero-order chi connectivity index (χ0) is 14.3. The van der Waals surface area contributed by atoms with E-state index in [0.717, 1.165) is 0 Å². The molecule has 0 fully saturated rings.